The normalized spacial score (nSPS) is 31.8. The predicted octanol–water partition coefficient (Wildman–Crippen LogP) is 2.00. The fourth-order valence-corrected chi connectivity index (χ4v) is 6.04. The zero-order chi connectivity index (χ0) is 16.9. The number of piperidine rings is 2. The van der Waals surface area contributed by atoms with Crippen molar-refractivity contribution in [1.29, 1.82) is 0 Å². The SMILES string of the molecule is O=C(C1CC12CCNCC2)N(Cc1nccs1)C1CC12CCNCC2. The molecule has 1 aromatic heterocycles. The molecule has 4 fully saturated rings. The van der Waals surface area contributed by atoms with Gasteiger partial charge in [-0.2, -0.15) is 0 Å². The Morgan fingerprint density at radius 2 is 1.80 bits per heavy atom. The second-order valence-corrected chi connectivity index (χ2v) is 9.57. The van der Waals surface area contributed by atoms with E-state index in [9.17, 15) is 4.79 Å². The van der Waals surface area contributed by atoms with Gasteiger partial charge in [0.15, 0.2) is 0 Å². The highest BCUT2D eigenvalue weighted by atomic mass is 32.1. The number of hydrogen-bond acceptors (Lipinski definition) is 5. The number of nitrogens with one attached hydrogen (secondary N) is 2. The third-order valence-electron chi connectivity index (χ3n) is 7.28. The molecule has 2 unspecified atom stereocenters. The summed E-state index contributed by atoms with van der Waals surface area (Å²) >= 11 is 1.68. The summed E-state index contributed by atoms with van der Waals surface area (Å²) in [6.07, 6.45) is 8.97. The first-order valence-electron chi connectivity index (χ1n) is 9.83. The topological polar surface area (TPSA) is 57.3 Å². The molecule has 136 valence electrons. The summed E-state index contributed by atoms with van der Waals surface area (Å²) in [5, 5.41) is 10.0. The van der Waals surface area contributed by atoms with Crippen LogP contribution < -0.4 is 10.6 Å². The van der Waals surface area contributed by atoms with Crippen molar-refractivity contribution in [2.24, 2.45) is 16.7 Å². The van der Waals surface area contributed by atoms with E-state index in [4.69, 9.17) is 0 Å². The monoisotopic (exact) mass is 360 g/mol. The van der Waals surface area contributed by atoms with Gasteiger partial charge in [0.05, 0.1) is 6.54 Å². The Kier molecular flexibility index (Phi) is 3.91. The minimum absolute atomic E-state index is 0.272. The van der Waals surface area contributed by atoms with E-state index in [0.717, 1.165) is 44.2 Å². The van der Waals surface area contributed by atoms with Gasteiger partial charge in [-0.05, 0) is 75.5 Å². The summed E-state index contributed by atoms with van der Waals surface area (Å²) in [5.74, 6) is 0.700. The molecule has 2 atom stereocenters. The highest BCUT2D eigenvalue weighted by molar-refractivity contribution is 7.09. The molecule has 5 nitrogen and oxygen atoms in total. The highest BCUT2D eigenvalue weighted by Crippen LogP contribution is 2.62. The molecule has 3 heterocycles. The standard InChI is InChI=1S/C19H28N4OS/c24-17(14-11-18(14)1-5-20-6-2-18)23(13-16-22-9-10-25-16)15-12-19(15)3-7-21-8-4-19/h9-10,14-15,20-21H,1-8,11-13H2. The fraction of sp³-hybridized carbons (Fsp3) is 0.789. The summed E-state index contributed by atoms with van der Waals surface area (Å²) in [6.45, 7) is 5.09. The van der Waals surface area contributed by atoms with Crippen molar-refractivity contribution in [3.05, 3.63) is 16.6 Å². The first kappa shape index (κ1) is 16.2. The third-order valence-corrected chi connectivity index (χ3v) is 8.05. The Labute approximate surface area is 153 Å². The van der Waals surface area contributed by atoms with E-state index < -0.39 is 0 Å². The molecule has 2 spiro atoms. The van der Waals surface area contributed by atoms with E-state index in [1.54, 1.807) is 11.3 Å². The van der Waals surface area contributed by atoms with Gasteiger partial charge in [-0.15, -0.1) is 11.3 Å². The zero-order valence-corrected chi connectivity index (χ0v) is 15.6. The quantitative estimate of drug-likeness (QED) is 0.862. The molecular weight excluding hydrogens is 332 g/mol. The Bertz CT molecular complexity index is 634. The molecule has 2 saturated heterocycles. The van der Waals surface area contributed by atoms with Crippen LogP contribution in [0.4, 0.5) is 0 Å². The van der Waals surface area contributed by atoms with Gasteiger partial charge in [0.25, 0.3) is 0 Å². The number of thiazole rings is 1. The predicted molar refractivity (Wildman–Crippen MR) is 98.2 cm³/mol. The Hall–Kier alpha value is -0.980. The average molecular weight is 361 g/mol. The molecule has 4 aliphatic rings. The zero-order valence-electron chi connectivity index (χ0n) is 14.8. The van der Waals surface area contributed by atoms with E-state index in [-0.39, 0.29) is 5.92 Å². The molecular formula is C19H28N4OS. The molecule has 6 heteroatoms. The van der Waals surface area contributed by atoms with Crippen molar-refractivity contribution < 1.29 is 4.79 Å². The van der Waals surface area contributed by atoms with Gasteiger partial charge in [0.1, 0.15) is 5.01 Å². The smallest absolute Gasteiger partial charge is 0.226 e. The summed E-state index contributed by atoms with van der Waals surface area (Å²) < 4.78 is 0. The molecule has 2 N–H and O–H groups in total. The molecule has 5 rings (SSSR count). The number of hydrogen-bond donors (Lipinski definition) is 2. The van der Waals surface area contributed by atoms with Gasteiger partial charge < -0.3 is 15.5 Å². The van der Waals surface area contributed by atoms with Crippen molar-refractivity contribution in [1.82, 2.24) is 20.5 Å². The molecule has 1 aromatic rings. The number of carbonyl (C=O) groups is 1. The molecule has 0 aromatic carbocycles. The highest BCUT2D eigenvalue weighted by Gasteiger charge is 2.63. The second-order valence-electron chi connectivity index (χ2n) is 8.59. The van der Waals surface area contributed by atoms with Gasteiger partial charge in [-0.1, -0.05) is 0 Å². The van der Waals surface area contributed by atoms with Crippen molar-refractivity contribution in [3.8, 4) is 0 Å². The van der Waals surface area contributed by atoms with Gasteiger partial charge in [0.2, 0.25) is 5.91 Å². The summed E-state index contributed by atoms with van der Waals surface area (Å²) in [4.78, 5) is 20.2. The average Bonchev–Trinajstić information content (AvgIpc) is 3.43. The minimum Gasteiger partial charge on any atom is -0.332 e. The maximum Gasteiger partial charge on any atom is 0.226 e. The van der Waals surface area contributed by atoms with Crippen molar-refractivity contribution in [2.45, 2.75) is 51.1 Å². The minimum atomic E-state index is 0.272. The van der Waals surface area contributed by atoms with Crippen LogP contribution in [-0.4, -0.2) is 48.0 Å². The maximum absolute atomic E-state index is 13.5. The molecule has 2 saturated carbocycles. The van der Waals surface area contributed by atoms with Crippen molar-refractivity contribution >= 4 is 17.2 Å². The van der Waals surface area contributed by atoms with Crippen LogP contribution in [0.25, 0.3) is 0 Å². The number of amides is 1. The molecule has 0 bridgehead atoms. The third kappa shape index (κ3) is 2.82. The van der Waals surface area contributed by atoms with Crippen LogP contribution in [0.15, 0.2) is 11.6 Å². The van der Waals surface area contributed by atoms with Crippen LogP contribution >= 0.6 is 11.3 Å². The van der Waals surface area contributed by atoms with Crippen LogP contribution in [0.1, 0.15) is 43.5 Å². The summed E-state index contributed by atoms with van der Waals surface area (Å²) in [5.41, 5.74) is 0.716. The molecule has 2 aliphatic heterocycles. The largest absolute Gasteiger partial charge is 0.332 e. The fourth-order valence-electron chi connectivity index (χ4n) is 5.42. The lowest BCUT2D eigenvalue weighted by molar-refractivity contribution is -0.135. The number of nitrogens with zero attached hydrogens (tertiary/aromatic N) is 2. The summed E-state index contributed by atoms with van der Waals surface area (Å²) in [7, 11) is 0. The van der Waals surface area contributed by atoms with Crippen LogP contribution in [0.2, 0.25) is 0 Å². The lowest BCUT2D eigenvalue weighted by Crippen LogP contribution is -2.41. The molecule has 1 amide bonds. The van der Waals surface area contributed by atoms with E-state index in [1.165, 1.54) is 32.1 Å². The van der Waals surface area contributed by atoms with Crippen LogP contribution in [0, 0.1) is 16.7 Å². The van der Waals surface area contributed by atoms with Crippen molar-refractivity contribution in [3.63, 3.8) is 0 Å². The van der Waals surface area contributed by atoms with Crippen molar-refractivity contribution in [2.75, 3.05) is 26.2 Å². The second kappa shape index (κ2) is 6.03. The van der Waals surface area contributed by atoms with Crippen LogP contribution in [0.3, 0.4) is 0 Å². The number of carbonyl (C=O) groups excluding carboxylic acids is 1. The molecule has 2 aliphatic carbocycles. The Balaban J connectivity index is 1.34. The number of rotatable bonds is 4. The van der Waals surface area contributed by atoms with E-state index in [0.29, 0.717) is 22.8 Å². The maximum atomic E-state index is 13.5. The molecule has 25 heavy (non-hydrogen) atoms. The number of aromatic nitrogens is 1. The van der Waals surface area contributed by atoms with E-state index >= 15 is 0 Å². The Morgan fingerprint density at radius 3 is 2.44 bits per heavy atom. The summed E-state index contributed by atoms with van der Waals surface area (Å²) in [6, 6.07) is 0.449. The lowest BCUT2D eigenvalue weighted by atomic mass is 9.91. The Morgan fingerprint density at radius 1 is 1.12 bits per heavy atom. The van der Waals surface area contributed by atoms with Gasteiger partial charge >= 0.3 is 0 Å². The van der Waals surface area contributed by atoms with Gasteiger partial charge in [-0.3, -0.25) is 4.79 Å². The van der Waals surface area contributed by atoms with Gasteiger partial charge in [-0.25, -0.2) is 4.98 Å². The van der Waals surface area contributed by atoms with Gasteiger partial charge in [0, 0.05) is 23.5 Å². The van der Waals surface area contributed by atoms with E-state index in [2.05, 4.69) is 20.5 Å². The first-order chi connectivity index (χ1) is 12.2. The lowest BCUT2D eigenvalue weighted by Gasteiger charge is -2.31. The molecule has 0 radical (unpaired) electrons. The van der Waals surface area contributed by atoms with Crippen LogP contribution in [-0.2, 0) is 11.3 Å². The first-order valence-corrected chi connectivity index (χ1v) is 10.7. The van der Waals surface area contributed by atoms with E-state index in [1.807, 2.05) is 11.6 Å². The van der Waals surface area contributed by atoms with Crippen LogP contribution in [0.5, 0.6) is 0 Å².